The number of pyridine rings is 1. The van der Waals surface area contributed by atoms with Gasteiger partial charge in [-0.25, -0.2) is 4.68 Å². The molecule has 4 aromatic rings. The number of aliphatic hydroxyl groups excluding tert-OH is 2. The third-order valence-electron chi connectivity index (χ3n) is 4.96. The largest absolute Gasteiger partial charge is 0.394 e. The first kappa shape index (κ1) is 23.7. The zero-order chi connectivity index (χ0) is 23.9. The van der Waals surface area contributed by atoms with Gasteiger partial charge in [0.15, 0.2) is 0 Å². The van der Waals surface area contributed by atoms with Crippen LogP contribution in [0.25, 0.3) is 23.1 Å². The average Bonchev–Trinajstić information content (AvgIpc) is 3.24. The number of nitrogens with zero attached hydrogens (tertiary/aromatic N) is 3. The Morgan fingerprint density at radius 3 is 2.76 bits per heavy atom. The Morgan fingerprint density at radius 1 is 1.18 bits per heavy atom. The minimum absolute atomic E-state index is 0.0322. The van der Waals surface area contributed by atoms with Crippen molar-refractivity contribution >= 4 is 40.7 Å². The Kier molecular flexibility index (Phi) is 7.71. The number of nitrogens with one attached hydrogen (secondary N) is 1. The van der Waals surface area contributed by atoms with Crippen LogP contribution in [-0.2, 0) is 4.74 Å². The van der Waals surface area contributed by atoms with Gasteiger partial charge in [0.05, 0.1) is 35.7 Å². The Balaban J connectivity index is 1.73. The number of carbonyl (C=O) groups is 1. The highest BCUT2D eigenvalue weighted by Gasteiger charge is 2.17. The molecule has 2 aromatic carbocycles. The molecule has 0 aliphatic carbocycles. The van der Waals surface area contributed by atoms with Gasteiger partial charge in [-0.05, 0) is 54.6 Å². The Bertz CT molecular complexity index is 1310. The second-order valence-electron chi connectivity index (χ2n) is 7.19. The van der Waals surface area contributed by atoms with Crippen LogP contribution in [0.15, 0.2) is 76.7 Å². The highest BCUT2D eigenvalue weighted by molar-refractivity contribution is 7.99. The highest BCUT2D eigenvalue weighted by atomic mass is 32.2. The van der Waals surface area contributed by atoms with Crippen molar-refractivity contribution in [2.24, 2.45) is 0 Å². The Morgan fingerprint density at radius 2 is 2.00 bits per heavy atom. The first-order valence-electron chi connectivity index (χ1n) is 10.6. The van der Waals surface area contributed by atoms with Crippen molar-refractivity contribution in [3.05, 3.63) is 83.8 Å². The van der Waals surface area contributed by atoms with Gasteiger partial charge >= 0.3 is 0 Å². The third kappa shape index (κ3) is 5.35. The molecular formula is C25H24N4O4S. The molecule has 0 saturated heterocycles. The first-order chi connectivity index (χ1) is 16.6. The molecule has 2 aromatic heterocycles. The van der Waals surface area contributed by atoms with E-state index in [1.54, 1.807) is 19.3 Å². The lowest BCUT2D eigenvalue weighted by Crippen LogP contribution is -2.18. The fourth-order valence-electron chi connectivity index (χ4n) is 3.37. The lowest BCUT2D eigenvalue weighted by atomic mass is 10.2. The third-order valence-corrected chi connectivity index (χ3v) is 6.03. The summed E-state index contributed by atoms with van der Waals surface area (Å²) in [5.41, 5.74) is 2.64. The molecule has 2 heterocycles. The van der Waals surface area contributed by atoms with Crippen molar-refractivity contribution in [2.75, 3.05) is 20.3 Å². The monoisotopic (exact) mass is 476 g/mol. The zero-order valence-corrected chi connectivity index (χ0v) is 19.3. The molecule has 1 atom stereocenters. The van der Waals surface area contributed by atoms with E-state index in [-0.39, 0.29) is 19.1 Å². The molecule has 0 bridgehead atoms. The number of benzene rings is 2. The number of carbonyl (C=O) groups excluding carboxylic acids is 1. The van der Waals surface area contributed by atoms with Crippen LogP contribution in [0.3, 0.4) is 0 Å². The van der Waals surface area contributed by atoms with Crippen molar-refractivity contribution in [3.63, 3.8) is 0 Å². The molecule has 0 radical (unpaired) electrons. The summed E-state index contributed by atoms with van der Waals surface area (Å²) < 4.78 is 6.67. The number of fused-ring (bicyclic) bond motifs is 1. The van der Waals surface area contributed by atoms with E-state index in [0.29, 0.717) is 16.8 Å². The molecule has 3 N–H and O–H groups in total. The minimum Gasteiger partial charge on any atom is -0.394 e. The predicted molar refractivity (Wildman–Crippen MR) is 131 cm³/mol. The number of rotatable bonds is 9. The van der Waals surface area contributed by atoms with E-state index in [1.165, 1.54) is 16.4 Å². The quantitative estimate of drug-likeness (QED) is 0.317. The molecule has 1 unspecified atom stereocenters. The van der Waals surface area contributed by atoms with E-state index < -0.39 is 6.41 Å². The van der Waals surface area contributed by atoms with Gasteiger partial charge in [0.1, 0.15) is 0 Å². The van der Waals surface area contributed by atoms with Crippen LogP contribution in [0.4, 0.5) is 0 Å². The molecule has 1 amide bonds. The van der Waals surface area contributed by atoms with Gasteiger partial charge in [-0.2, -0.15) is 5.10 Å². The van der Waals surface area contributed by atoms with Gasteiger partial charge in [0, 0.05) is 28.4 Å². The van der Waals surface area contributed by atoms with E-state index in [9.17, 15) is 9.90 Å². The molecule has 9 heteroatoms. The van der Waals surface area contributed by atoms with Crippen LogP contribution in [0.1, 0.15) is 28.2 Å². The maximum atomic E-state index is 12.3. The fraction of sp³-hybridized carbons (Fsp3) is 0.160. The predicted octanol–water partition coefficient (Wildman–Crippen LogP) is 3.57. The summed E-state index contributed by atoms with van der Waals surface area (Å²) in [6, 6.07) is 18.7. The number of hydrogen-bond acceptors (Lipinski definition) is 7. The lowest BCUT2D eigenvalue weighted by Gasteiger charge is -2.13. The Hall–Kier alpha value is -3.50. The van der Waals surface area contributed by atoms with Crippen LogP contribution in [0.5, 0.6) is 0 Å². The van der Waals surface area contributed by atoms with Crippen molar-refractivity contribution in [3.8, 4) is 0 Å². The van der Waals surface area contributed by atoms with E-state index in [4.69, 9.17) is 9.84 Å². The van der Waals surface area contributed by atoms with Crippen molar-refractivity contribution < 1.29 is 19.7 Å². The molecule has 8 nitrogen and oxygen atoms in total. The van der Waals surface area contributed by atoms with Crippen molar-refractivity contribution in [1.29, 1.82) is 0 Å². The van der Waals surface area contributed by atoms with E-state index in [0.717, 1.165) is 20.9 Å². The van der Waals surface area contributed by atoms with E-state index in [2.05, 4.69) is 15.4 Å². The van der Waals surface area contributed by atoms with Crippen molar-refractivity contribution in [1.82, 2.24) is 20.1 Å². The standard InChI is InChI=1S/C25H24N4O4S/c1-26-24(31)20-7-2-3-8-23(20)34-18-10-11-19-21(12-9-17-6-4-5-13-27-17)28-29(22(19)16-18)25(32)33-15-14-30/h2-13,16,25,30,32H,14-15H2,1H3,(H,26,31)/b12-9+. The number of amides is 1. The fourth-order valence-corrected chi connectivity index (χ4v) is 4.35. The molecule has 0 fully saturated rings. The second-order valence-corrected chi connectivity index (χ2v) is 8.31. The van der Waals surface area contributed by atoms with Gasteiger partial charge in [0.25, 0.3) is 12.3 Å². The van der Waals surface area contributed by atoms with Gasteiger partial charge in [-0.15, -0.1) is 0 Å². The molecule has 34 heavy (non-hydrogen) atoms. The number of hydrogen-bond donors (Lipinski definition) is 3. The number of ether oxygens (including phenoxy) is 1. The number of aromatic nitrogens is 3. The normalized spacial score (nSPS) is 12.3. The SMILES string of the molecule is CNC(=O)c1ccccc1Sc1ccc2c(/C=C/c3ccccn3)nn(C(O)OCCO)c2c1. The molecule has 0 aliphatic rings. The van der Waals surface area contributed by atoms with Crippen LogP contribution in [-0.4, -0.2) is 51.1 Å². The van der Waals surface area contributed by atoms with Gasteiger partial charge < -0.3 is 20.3 Å². The number of aliphatic hydroxyl groups is 2. The summed E-state index contributed by atoms with van der Waals surface area (Å²) in [4.78, 5) is 18.2. The summed E-state index contributed by atoms with van der Waals surface area (Å²) >= 11 is 1.44. The molecule has 174 valence electrons. The van der Waals surface area contributed by atoms with E-state index >= 15 is 0 Å². The van der Waals surface area contributed by atoms with E-state index in [1.807, 2.05) is 66.7 Å². The van der Waals surface area contributed by atoms with Crippen LogP contribution < -0.4 is 5.32 Å². The Labute approximate surface area is 200 Å². The zero-order valence-electron chi connectivity index (χ0n) is 18.5. The van der Waals surface area contributed by atoms with Gasteiger partial charge in [0.2, 0.25) is 0 Å². The highest BCUT2D eigenvalue weighted by Crippen LogP contribution is 2.34. The summed E-state index contributed by atoms with van der Waals surface area (Å²) in [5, 5.41) is 27.6. The first-order valence-corrected chi connectivity index (χ1v) is 11.4. The smallest absolute Gasteiger partial charge is 0.257 e. The second kappa shape index (κ2) is 11.1. The molecular weight excluding hydrogens is 452 g/mol. The molecule has 0 aliphatic heterocycles. The topological polar surface area (TPSA) is 110 Å². The maximum Gasteiger partial charge on any atom is 0.257 e. The van der Waals surface area contributed by atoms with Crippen molar-refractivity contribution in [2.45, 2.75) is 16.2 Å². The molecule has 0 saturated carbocycles. The van der Waals surface area contributed by atoms with Crippen LogP contribution >= 0.6 is 11.8 Å². The van der Waals surface area contributed by atoms with Crippen LogP contribution in [0.2, 0.25) is 0 Å². The molecule has 0 spiro atoms. The summed E-state index contributed by atoms with van der Waals surface area (Å²) in [7, 11) is 1.60. The average molecular weight is 477 g/mol. The molecule has 4 rings (SSSR count). The van der Waals surface area contributed by atoms with Gasteiger partial charge in [-0.3, -0.25) is 9.78 Å². The summed E-state index contributed by atoms with van der Waals surface area (Å²) in [5.74, 6) is -0.163. The maximum absolute atomic E-state index is 12.3. The lowest BCUT2D eigenvalue weighted by molar-refractivity contribution is -0.162. The summed E-state index contributed by atoms with van der Waals surface area (Å²) in [6.45, 7) is -0.254. The minimum atomic E-state index is -1.37. The summed E-state index contributed by atoms with van der Waals surface area (Å²) in [6.07, 6.45) is 4.01. The van der Waals surface area contributed by atoms with Gasteiger partial charge in [-0.1, -0.05) is 30.0 Å². The van der Waals surface area contributed by atoms with Crippen LogP contribution in [0, 0.1) is 0 Å².